The predicted molar refractivity (Wildman–Crippen MR) is 70.6 cm³/mol. The number of nitriles is 1. The third kappa shape index (κ3) is 2.85. The summed E-state index contributed by atoms with van der Waals surface area (Å²) < 4.78 is 0. The van der Waals surface area contributed by atoms with Crippen LogP contribution in [0.25, 0.3) is 0 Å². The van der Waals surface area contributed by atoms with Gasteiger partial charge in [0.2, 0.25) is 5.91 Å². The van der Waals surface area contributed by atoms with Crippen molar-refractivity contribution in [1.82, 2.24) is 5.32 Å². The highest BCUT2D eigenvalue weighted by Crippen LogP contribution is 2.36. The summed E-state index contributed by atoms with van der Waals surface area (Å²) in [5, 5.41) is 12.4. The van der Waals surface area contributed by atoms with E-state index in [0.717, 1.165) is 44.6 Å². The molecule has 0 aromatic rings. The van der Waals surface area contributed by atoms with Crippen LogP contribution < -0.4 is 5.32 Å². The maximum atomic E-state index is 12.3. The highest BCUT2D eigenvalue weighted by Gasteiger charge is 2.39. The van der Waals surface area contributed by atoms with E-state index in [9.17, 15) is 10.1 Å². The van der Waals surface area contributed by atoms with Crippen LogP contribution >= 0.6 is 0 Å². The van der Waals surface area contributed by atoms with E-state index < -0.39 is 5.41 Å². The van der Waals surface area contributed by atoms with E-state index in [1.807, 2.05) is 0 Å². The lowest BCUT2D eigenvalue weighted by atomic mass is 9.74. The molecule has 1 N–H and O–H groups in total. The Labute approximate surface area is 110 Å². The Kier molecular flexibility index (Phi) is 4.27. The SMILES string of the molecule is CC1CCC(CNC(=O)C2(C#N)CCCCC2)C1. The van der Waals surface area contributed by atoms with Crippen molar-refractivity contribution in [2.75, 3.05) is 6.54 Å². The van der Waals surface area contributed by atoms with Gasteiger partial charge < -0.3 is 5.32 Å². The number of amides is 1. The van der Waals surface area contributed by atoms with Gasteiger partial charge >= 0.3 is 0 Å². The van der Waals surface area contributed by atoms with Crippen molar-refractivity contribution in [1.29, 1.82) is 5.26 Å². The summed E-state index contributed by atoms with van der Waals surface area (Å²) in [4.78, 5) is 12.3. The third-order valence-corrected chi connectivity index (χ3v) is 4.71. The second-order valence-corrected chi connectivity index (χ2v) is 6.25. The van der Waals surface area contributed by atoms with Crippen LogP contribution in [-0.2, 0) is 4.79 Å². The lowest BCUT2D eigenvalue weighted by Gasteiger charge is -2.29. The van der Waals surface area contributed by atoms with Gasteiger partial charge in [0.05, 0.1) is 6.07 Å². The number of nitrogens with one attached hydrogen (secondary N) is 1. The second-order valence-electron chi connectivity index (χ2n) is 6.25. The quantitative estimate of drug-likeness (QED) is 0.834. The minimum absolute atomic E-state index is 0.00995. The molecule has 0 aromatic carbocycles. The molecule has 2 saturated carbocycles. The van der Waals surface area contributed by atoms with E-state index in [0.29, 0.717) is 5.92 Å². The summed E-state index contributed by atoms with van der Waals surface area (Å²) in [5.41, 5.74) is -0.720. The molecule has 0 radical (unpaired) electrons. The van der Waals surface area contributed by atoms with Crippen LogP contribution in [0.2, 0.25) is 0 Å². The van der Waals surface area contributed by atoms with Crippen molar-refractivity contribution in [3.63, 3.8) is 0 Å². The van der Waals surface area contributed by atoms with E-state index >= 15 is 0 Å². The normalized spacial score (nSPS) is 30.7. The highest BCUT2D eigenvalue weighted by atomic mass is 16.2. The zero-order valence-electron chi connectivity index (χ0n) is 11.4. The van der Waals surface area contributed by atoms with Crippen molar-refractivity contribution in [3.8, 4) is 6.07 Å². The molecule has 100 valence electrons. The molecule has 2 rings (SSSR count). The van der Waals surface area contributed by atoms with Gasteiger partial charge in [0.25, 0.3) is 0 Å². The van der Waals surface area contributed by atoms with Crippen molar-refractivity contribution in [2.45, 2.75) is 58.3 Å². The van der Waals surface area contributed by atoms with Gasteiger partial charge in [-0.25, -0.2) is 0 Å². The Morgan fingerprint density at radius 1 is 1.33 bits per heavy atom. The summed E-state index contributed by atoms with van der Waals surface area (Å²) in [5.74, 6) is 1.42. The lowest BCUT2D eigenvalue weighted by molar-refractivity contribution is -0.129. The first-order valence-electron chi connectivity index (χ1n) is 7.36. The first-order valence-corrected chi connectivity index (χ1v) is 7.36. The topological polar surface area (TPSA) is 52.9 Å². The zero-order chi connectivity index (χ0) is 13.0. The van der Waals surface area contributed by atoms with Gasteiger partial charge in [-0.15, -0.1) is 0 Å². The van der Waals surface area contributed by atoms with E-state index in [1.54, 1.807) is 0 Å². The predicted octanol–water partition coefficient (Wildman–Crippen LogP) is 3.01. The molecule has 2 unspecified atom stereocenters. The molecule has 0 aliphatic heterocycles. The van der Waals surface area contributed by atoms with Crippen LogP contribution in [0.5, 0.6) is 0 Å². The molecule has 0 spiro atoms. The average Bonchev–Trinajstić information content (AvgIpc) is 2.82. The molecule has 2 aliphatic rings. The fourth-order valence-corrected chi connectivity index (χ4v) is 3.46. The summed E-state index contributed by atoms with van der Waals surface area (Å²) in [6, 6.07) is 2.29. The number of hydrogen-bond donors (Lipinski definition) is 1. The fraction of sp³-hybridized carbons (Fsp3) is 0.867. The van der Waals surface area contributed by atoms with Crippen LogP contribution in [-0.4, -0.2) is 12.5 Å². The van der Waals surface area contributed by atoms with Crippen LogP contribution in [0.4, 0.5) is 0 Å². The molecule has 3 nitrogen and oxygen atoms in total. The molecule has 2 atom stereocenters. The molecule has 0 bridgehead atoms. The zero-order valence-corrected chi connectivity index (χ0v) is 11.4. The molecular weight excluding hydrogens is 224 g/mol. The number of carbonyl (C=O) groups excluding carboxylic acids is 1. The van der Waals surface area contributed by atoms with E-state index in [2.05, 4.69) is 18.3 Å². The summed E-state index contributed by atoms with van der Waals surface area (Å²) >= 11 is 0. The molecule has 1 amide bonds. The Hall–Kier alpha value is -1.04. The first kappa shape index (κ1) is 13.4. The molecule has 18 heavy (non-hydrogen) atoms. The van der Waals surface area contributed by atoms with Crippen LogP contribution in [0.3, 0.4) is 0 Å². The molecule has 0 heterocycles. The van der Waals surface area contributed by atoms with E-state index in [4.69, 9.17) is 0 Å². The molecule has 0 saturated heterocycles. The minimum Gasteiger partial charge on any atom is -0.354 e. The smallest absolute Gasteiger partial charge is 0.240 e. The molecule has 2 fully saturated rings. The number of hydrogen-bond acceptors (Lipinski definition) is 2. The number of nitrogens with zero attached hydrogens (tertiary/aromatic N) is 1. The van der Waals surface area contributed by atoms with E-state index in [1.165, 1.54) is 19.3 Å². The van der Waals surface area contributed by atoms with Gasteiger partial charge in [-0.1, -0.05) is 32.6 Å². The highest BCUT2D eigenvalue weighted by molar-refractivity contribution is 5.85. The van der Waals surface area contributed by atoms with Gasteiger partial charge in [-0.3, -0.25) is 4.79 Å². The van der Waals surface area contributed by atoms with Gasteiger partial charge in [0.15, 0.2) is 0 Å². The third-order valence-electron chi connectivity index (χ3n) is 4.71. The molecular formula is C15H24N2O. The average molecular weight is 248 g/mol. The minimum atomic E-state index is -0.720. The molecule has 3 heteroatoms. The summed E-state index contributed by atoms with van der Waals surface area (Å²) in [6.45, 7) is 3.05. The van der Waals surface area contributed by atoms with Crippen LogP contribution in [0.15, 0.2) is 0 Å². The van der Waals surface area contributed by atoms with E-state index in [-0.39, 0.29) is 5.91 Å². The maximum absolute atomic E-state index is 12.3. The van der Waals surface area contributed by atoms with Gasteiger partial charge in [0, 0.05) is 6.54 Å². The van der Waals surface area contributed by atoms with Crippen molar-refractivity contribution in [3.05, 3.63) is 0 Å². The molecule has 0 aromatic heterocycles. The Balaban J connectivity index is 1.84. The standard InChI is InChI=1S/C15H24N2O/c1-12-5-6-13(9-12)10-17-14(18)15(11-16)7-3-2-4-8-15/h12-13H,2-10H2,1H3,(H,17,18). The van der Waals surface area contributed by atoms with Crippen LogP contribution in [0, 0.1) is 28.6 Å². The summed E-state index contributed by atoms with van der Waals surface area (Å²) in [7, 11) is 0. The van der Waals surface area contributed by atoms with Crippen molar-refractivity contribution < 1.29 is 4.79 Å². The fourth-order valence-electron chi connectivity index (χ4n) is 3.46. The van der Waals surface area contributed by atoms with Gasteiger partial charge in [-0.2, -0.15) is 5.26 Å². The lowest BCUT2D eigenvalue weighted by Crippen LogP contribution is -2.43. The van der Waals surface area contributed by atoms with Crippen molar-refractivity contribution in [2.24, 2.45) is 17.3 Å². The monoisotopic (exact) mass is 248 g/mol. The van der Waals surface area contributed by atoms with Crippen LogP contribution in [0.1, 0.15) is 58.3 Å². The Morgan fingerprint density at radius 3 is 2.61 bits per heavy atom. The first-order chi connectivity index (χ1) is 8.66. The number of rotatable bonds is 3. The summed E-state index contributed by atoms with van der Waals surface area (Å²) in [6.07, 6.45) is 8.41. The molecule has 2 aliphatic carbocycles. The maximum Gasteiger partial charge on any atom is 0.240 e. The van der Waals surface area contributed by atoms with Crippen molar-refractivity contribution >= 4 is 5.91 Å². The number of carbonyl (C=O) groups is 1. The largest absolute Gasteiger partial charge is 0.354 e. The van der Waals surface area contributed by atoms with Gasteiger partial charge in [0.1, 0.15) is 5.41 Å². The Morgan fingerprint density at radius 2 is 2.06 bits per heavy atom. The van der Waals surface area contributed by atoms with Gasteiger partial charge in [-0.05, 0) is 37.5 Å². The Bertz CT molecular complexity index is 339. The second kappa shape index (κ2) is 5.73.